The maximum Gasteiger partial charge on any atom is 0.0649 e. The average molecular weight is 293 g/mol. The molecule has 0 amide bonds. The topological polar surface area (TPSA) is 29.9 Å². The van der Waals surface area contributed by atoms with Crippen LogP contribution in [-0.2, 0) is 6.54 Å². The molecule has 2 aromatic heterocycles. The van der Waals surface area contributed by atoms with Gasteiger partial charge in [-0.1, -0.05) is 6.92 Å². The van der Waals surface area contributed by atoms with Crippen LogP contribution in [0.2, 0.25) is 0 Å². The molecule has 5 heteroatoms. The van der Waals surface area contributed by atoms with Gasteiger partial charge in [0.2, 0.25) is 0 Å². The molecule has 1 unspecified atom stereocenters. The fourth-order valence-electron chi connectivity index (χ4n) is 2.49. The molecule has 0 spiro atoms. The summed E-state index contributed by atoms with van der Waals surface area (Å²) in [5.74, 6) is 0. The zero-order valence-electron chi connectivity index (χ0n) is 11.1. The Hall–Kier alpha value is -0.780. The van der Waals surface area contributed by atoms with E-state index < -0.39 is 0 Å². The predicted molar refractivity (Wildman–Crippen MR) is 81.8 cm³/mol. The van der Waals surface area contributed by atoms with Crippen molar-refractivity contribution < 1.29 is 0 Å². The Morgan fingerprint density at radius 3 is 3.32 bits per heavy atom. The van der Waals surface area contributed by atoms with E-state index in [-0.39, 0.29) is 0 Å². The van der Waals surface area contributed by atoms with Gasteiger partial charge in [0.15, 0.2) is 0 Å². The van der Waals surface area contributed by atoms with Crippen molar-refractivity contribution in [3.63, 3.8) is 0 Å². The zero-order valence-corrected chi connectivity index (χ0v) is 12.7. The largest absolute Gasteiger partial charge is 0.310 e. The molecule has 3 nitrogen and oxygen atoms in total. The lowest BCUT2D eigenvalue weighted by Gasteiger charge is -2.27. The summed E-state index contributed by atoms with van der Waals surface area (Å²) in [5, 5.41) is 10.9. The SMILES string of the molecule is C[C@H]1CC(NCCCn2cccn2)c2ccsc2S1. The first-order chi connectivity index (χ1) is 9.33. The van der Waals surface area contributed by atoms with Gasteiger partial charge in [-0.15, -0.1) is 23.1 Å². The molecule has 19 heavy (non-hydrogen) atoms. The van der Waals surface area contributed by atoms with Gasteiger partial charge >= 0.3 is 0 Å². The van der Waals surface area contributed by atoms with E-state index in [2.05, 4.69) is 28.8 Å². The summed E-state index contributed by atoms with van der Waals surface area (Å²) in [7, 11) is 0. The second kappa shape index (κ2) is 6.11. The van der Waals surface area contributed by atoms with E-state index in [1.165, 1.54) is 16.2 Å². The van der Waals surface area contributed by atoms with E-state index in [4.69, 9.17) is 0 Å². The van der Waals surface area contributed by atoms with E-state index in [1.807, 2.05) is 46.2 Å². The minimum absolute atomic E-state index is 0.537. The summed E-state index contributed by atoms with van der Waals surface area (Å²) < 4.78 is 3.50. The van der Waals surface area contributed by atoms with Gasteiger partial charge in [0, 0.05) is 30.2 Å². The molecule has 0 aromatic carbocycles. The Kier molecular flexibility index (Phi) is 4.25. The molecule has 0 aliphatic carbocycles. The first-order valence-corrected chi connectivity index (χ1v) is 8.54. The first kappa shape index (κ1) is 13.2. The van der Waals surface area contributed by atoms with Crippen LogP contribution in [0.5, 0.6) is 0 Å². The standard InChI is InChI=1S/C14H19N3S2/c1-11-10-13(12-4-9-18-14(12)19-11)15-5-2-7-17-8-3-6-16-17/h3-4,6,8-9,11,13,15H,2,5,7,10H2,1H3/t11-,13?/m0/s1. The van der Waals surface area contributed by atoms with E-state index >= 15 is 0 Å². The monoisotopic (exact) mass is 293 g/mol. The lowest BCUT2D eigenvalue weighted by molar-refractivity contribution is 0.460. The van der Waals surface area contributed by atoms with Crippen LogP contribution in [0, 0.1) is 0 Å². The highest BCUT2D eigenvalue weighted by atomic mass is 32.2. The maximum atomic E-state index is 4.23. The van der Waals surface area contributed by atoms with Crippen LogP contribution in [0.15, 0.2) is 34.1 Å². The van der Waals surface area contributed by atoms with Crippen molar-refractivity contribution >= 4 is 23.1 Å². The van der Waals surface area contributed by atoms with Crippen LogP contribution >= 0.6 is 23.1 Å². The third-order valence-electron chi connectivity index (χ3n) is 3.42. The van der Waals surface area contributed by atoms with Crippen LogP contribution in [0.1, 0.15) is 31.4 Å². The second-order valence-electron chi connectivity index (χ2n) is 4.96. The van der Waals surface area contributed by atoms with Gasteiger partial charge in [0.05, 0.1) is 4.21 Å². The molecule has 0 radical (unpaired) electrons. The highest BCUT2D eigenvalue weighted by Gasteiger charge is 2.25. The Bertz CT molecular complexity index is 507. The number of rotatable bonds is 5. The molecular formula is C14H19N3S2. The summed E-state index contributed by atoms with van der Waals surface area (Å²) in [6, 6.07) is 4.80. The fraction of sp³-hybridized carbons (Fsp3) is 0.500. The van der Waals surface area contributed by atoms with Crippen molar-refractivity contribution in [2.45, 2.75) is 41.8 Å². The number of thioether (sulfide) groups is 1. The van der Waals surface area contributed by atoms with Crippen LogP contribution < -0.4 is 5.32 Å². The van der Waals surface area contributed by atoms with Gasteiger partial charge in [-0.05, 0) is 42.5 Å². The zero-order chi connectivity index (χ0) is 13.1. The van der Waals surface area contributed by atoms with Gasteiger partial charge in [0.1, 0.15) is 0 Å². The molecule has 3 rings (SSSR count). The van der Waals surface area contributed by atoms with E-state index in [0.29, 0.717) is 6.04 Å². The van der Waals surface area contributed by atoms with Gasteiger partial charge in [-0.3, -0.25) is 4.68 Å². The molecule has 0 fully saturated rings. The van der Waals surface area contributed by atoms with Crippen molar-refractivity contribution in [2.24, 2.45) is 0 Å². The predicted octanol–water partition coefficient (Wildman–Crippen LogP) is 3.55. The van der Waals surface area contributed by atoms with Crippen LogP contribution in [-0.4, -0.2) is 21.6 Å². The highest BCUT2D eigenvalue weighted by Crippen LogP contribution is 2.43. The van der Waals surface area contributed by atoms with Crippen molar-refractivity contribution in [1.82, 2.24) is 15.1 Å². The molecule has 1 aliphatic rings. The molecule has 102 valence electrons. The van der Waals surface area contributed by atoms with Crippen LogP contribution in [0.4, 0.5) is 0 Å². The van der Waals surface area contributed by atoms with Gasteiger partial charge < -0.3 is 5.32 Å². The number of nitrogens with zero attached hydrogens (tertiary/aromatic N) is 2. The Morgan fingerprint density at radius 1 is 1.53 bits per heavy atom. The van der Waals surface area contributed by atoms with Crippen LogP contribution in [0.3, 0.4) is 0 Å². The quantitative estimate of drug-likeness (QED) is 0.855. The van der Waals surface area contributed by atoms with Gasteiger partial charge in [0.25, 0.3) is 0 Å². The first-order valence-electron chi connectivity index (χ1n) is 6.78. The Morgan fingerprint density at radius 2 is 2.47 bits per heavy atom. The third-order valence-corrected chi connectivity index (χ3v) is 5.77. The number of hydrogen-bond acceptors (Lipinski definition) is 4. The number of nitrogens with one attached hydrogen (secondary N) is 1. The number of aryl methyl sites for hydroxylation is 1. The molecule has 3 heterocycles. The summed E-state index contributed by atoms with van der Waals surface area (Å²) >= 11 is 3.90. The van der Waals surface area contributed by atoms with Crippen molar-refractivity contribution in [2.75, 3.05) is 6.54 Å². The molecular weight excluding hydrogens is 274 g/mol. The highest BCUT2D eigenvalue weighted by molar-refractivity contribution is 8.01. The van der Waals surface area contributed by atoms with Crippen LogP contribution in [0.25, 0.3) is 0 Å². The Labute approximate surface area is 122 Å². The van der Waals surface area contributed by atoms with Crippen molar-refractivity contribution in [1.29, 1.82) is 0 Å². The van der Waals surface area contributed by atoms with E-state index in [0.717, 1.165) is 24.8 Å². The molecule has 2 aromatic rings. The third kappa shape index (κ3) is 3.22. The van der Waals surface area contributed by atoms with Gasteiger partial charge in [-0.25, -0.2) is 0 Å². The van der Waals surface area contributed by atoms with E-state index in [1.54, 1.807) is 0 Å². The number of fused-ring (bicyclic) bond motifs is 1. The molecule has 2 atom stereocenters. The summed E-state index contributed by atoms with van der Waals surface area (Å²) in [6.07, 6.45) is 6.22. The summed E-state index contributed by atoms with van der Waals surface area (Å²) in [4.78, 5) is 0. The molecule has 1 aliphatic heterocycles. The molecule has 0 saturated carbocycles. The van der Waals surface area contributed by atoms with Crippen molar-refractivity contribution in [3.05, 3.63) is 35.5 Å². The second-order valence-corrected chi connectivity index (χ2v) is 7.58. The molecule has 0 bridgehead atoms. The number of thiophene rings is 1. The number of aromatic nitrogens is 2. The van der Waals surface area contributed by atoms with E-state index in [9.17, 15) is 0 Å². The maximum absolute atomic E-state index is 4.23. The van der Waals surface area contributed by atoms with Crippen molar-refractivity contribution in [3.8, 4) is 0 Å². The smallest absolute Gasteiger partial charge is 0.0649 e. The normalized spacial score (nSPS) is 22.4. The lowest BCUT2D eigenvalue weighted by atomic mass is 10.0. The number of hydrogen-bond donors (Lipinski definition) is 1. The Balaban J connectivity index is 1.50. The summed E-state index contributed by atoms with van der Waals surface area (Å²) in [5.41, 5.74) is 1.51. The summed E-state index contributed by atoms with van der Waals surface area (Å²) in [6.45, 7) is 4.37. The minimum atomic E-state index is 0.537. The average Bonchev–Trinajstić information content (AvgIpc) is 3.04. The molecule has 1 N–H and O–H groups in total. The van der Waals surface area contributed by atoms with Gasteiger partial charge in [-0.2, -0.15) is 5.10 Å². The molecule has 0 saturated heterocycles. The fourth-order valence-corrected chi connectivity index (χ4v) is 5.06. The minimum Gasteiger partial charge on any atom is -0.310 e. The lowest BCUT2D eigenvalue weighted by Crippen LogP contribution is -2.27.